The molecule has 1 saturated carbocycles. The maximum atomic E-state index is 15.8. The summed E-state index contributed by atoms with van der Waals surface area (Å²) < 4.78 is 23.1. The summed E-state index contributed by atoms with van der Waals surface area (Å²) in [7, 11) is 1.54. The van der Waals surface area contributed by atoms with Crippen molar-refractivity contribution in [3.8, 4) is 11.9 Å². The van der Waals surface area contributed by atoms with Crippen molar-refractivity contribution in [1.29, 1.82) is 5.26 Å². The summed E-state index contributed by atoms with van der Waals surface area (Å²) in [5.74, 6) is 0.313. The maximum Gasteiger partial charge on any atom is 0.244 e. The summed E-state index contributed by atoms with van der Waals surface area (Å²) in [5, 5.41) is 17.1. The van der Waals surface area contributed by atoms with Crippen LogP contribution in [0.25, 0.3) is 11.1 Å². The van der Waals surface area contributed by atoms with Crippen molar-refractivity contribution in [2.75, 3.05) is 25.5 Å². The highest BCUT2D eigenvalue weighted by molar-refractivity contribution is 6.14. The molecule has 1 saturated heterocycles. The van der Waals surface area contributed by atoms with E-state index in [-0.39, 0.29) is 18.4 Å². The molecular formula is C26H27FN8O2. The molecule has 4 aliphatic rings. The molecule has 37 heavy (non-hydrogen) atoms. The van der Waals surface area contributed by atoms with E-state index in [0.717, 1.165) is 16.8 Å². The van der Waals surface area contributed by atoms with Gasteiger partial charge in [0, 0.05) is 18.3 Å². The lowest BCUT2D eigenvalue weighted by molar-refractivity contribution is -0.139. The Morgan fingerprint density at radius 3 is 2.84 bits per heavy atom. The number of carbonyl (C=O) groups excluding carboxylic acids is 1. The summed E-state index contributed by atoms with van der Waals surface area (Å²) in [6.45, 7) is 3.74. The van der Waals surface area contributed by atoms with Gasteiger partial charge in [-0.2, -0.15) is 10.2 Å². The third kappa shape index (κ3) is 3.70. The van der Waals surface area contributed by atoms with Crippen LogP contribution < -0.4 is 10.1 Å². The normalized spacial score (nSPS) is 29.4. The number of likely N-dealkylation sites (tertiary alicyclic amines) is 1. The number of alkyl halides is 1. The van der Waals surface area contributed by atoms with E-state index < -0.39 is 22.7 Å². The van der Waals surface area contributed by atoms with Gasteiger partial charge in [0.2, 0.25) is 17.7 Å². The minimum atomic E-state index is -1.74. The number of piperidine rings is 1. The number of nitriles is 1. The second kappa shape index (κ2) is 7.96. The van der Waals surface area contributed by atoms with E-state index in [2.05, 4.69) is 37.5 Å². The van der Waals surface area contributed by atoms with Gasteiger partial charge in [0.05, 0.1) is 31.5 Å². The van der Waals surface area contributed by atoms with E-state index in [0.29, 0.717) is 37.2 Å². The number of rotatable bonds is 5. The molecule has 0 bridgehead atoms. The molecule has 4 heterocycles. The van der Waals surface area contributed by atoms with E-state index in [1.807, 2.05) is 31.3 Å². The van der Waals surface area contributed by atoms with Crippen molar-refractivity contribution in [2.45, 2.75) is 50.4 Å². The Kier molecular flexibility index (Phi) is 5.02. The van der Waals surface area contributed by atoms with Gasteiger partial charge in [-0.1, -0.05) is 6.08 Å². The van der Waals surface area contributed by atoms with Gasteiger partial charge in [-0.15, -0.1) is 5.10 Å². The number of fused-ring (bicyclic) bond motifs is 2. The molecule has 190 valence electrons. The fraction of sp³-hybridized carbons (Fsp3) is 0.462. The second-order valence-electron chi connectivity index (χ2n) is 10.5. The lowest BCUT2D eigenvalue weighted by Gasteiger charge is -2.42. The number of allylic oxidation sites excluding steroid dienone is 2. The minimum absolute atomic E-state index is 0.0903. The van der Waals surface area contributed by atoms with Crippen molar-refractivity contribution in [1.82, 2.24) is 19.5 Å². The number of hydrogen-bond acceptors (Lipinski definition) is 8. The molecule has 2 aliphatic carbocycles. The van der Waals surface area contributed by atoms with Crippen LogP contribution in [0.4, 0.5) is 10.3 Å². The average Bonchev–Trinajstić information content (AvgIpc) is 3.41. The van der Waals surface area contributed by atoms with Gasteiger partial charge < -0.3 is 15.0 Å². The van der Waals surface area contributed by atoms with Crippen molar-refractivity contribution in [3.05, 3.63) is 36.1 Å². The van der Waals surface area contributed by atoms with E-state index in [1.165, 1.54) is 18.9 Å². The molecule has 0 spiro atoms. The van der Waals surface area contributed by atoms with Gasteiger partial charge in [-0.05, 0) is 56.9 Å². The number of nitrogens with zero attached hydrogens (tertiary/aromatic N) is 7. The Labute approximate surface area is 213 Å². The van der Waals surface area contributed by atoms with Gasteiger partial charge in [-0.3, -0.25) is 9.79 Å². The molecule has 2 aromatic heterocycles. The first-order chi connectivity index (χ1) is 17.7. The number of nitrogens with one attached hydrogen (secondary N) is 1. The fourth-order valence-electron chi connectivity index (χ4n) is 5.35. The Morgan fingerprint density at radius 1 is 1.32 bits per heavy atom. The summed E-state index contributed by atoms with van der Waals surface area (Å²) in [6.07, 6.45) is 10.8. The molecule has 1 N–H and O–H groups in total. The highest BCUT2D eigenvalue weighted by Crippen LogP contribution is 2.47. The lowest BCUT2D eigenvalue weighted by atomic mass is 9.87. The van der Waals surface area contributed by atoms with Crippen LogP contribution >= 0.6 is 0 Å². The topological polar surface area (TPSA) is 120 Å². The Bertz CT molecular complexity index is 1480. The van der Waals surface area contributed by atoms with Crippen molar-refractivity contribution in [3.63, 3.8) is 0 Å². The molecule has 10 nitrogen and oxygen atoms in total. The Balaban J connectivity index is 1.25. The summed E-state index contributed by atoms with van der Waals surface area (Å²) in [6, 6.07) is 3.43. The van der Waals surface area contributed by atoms with Gasteiger partial charge in [0.1, 0.15) is 28.5 Å². The highest BCUT2D eigenvalue weighted by Gasteiger charge is 2.54. The van der Waals surface area contributed by atoms with Gasteiger partial charge in [0.15, 0.2) is 0 Å². The monoisotopic (exact) mass is 502 g/mol. The maximum absolute atomic E-state index is 15.8. The molecule has 1 unspecified atom stereocenters. The number of ether oxygens (including phenoxy) is 1. The molecular weight excluding hydrogens is 475 g/mol. The van der Waals surface area contributed by atoms with Crippen LogP contribution in [-0.2, 0) is 4.79 Å². The van der Waals surface area contributed by atoms with Crippen LogP contribution in [0.1, 0.15) is 38.7 Å². The SMILES string of the molecule is COc1nc(N[C@@H]2CCN(C(=O)C3(C#N)CC3)CC2(C)F)nn2ccc(C3=C[C@@]4(C)N=CN=C4C=C3)c12. The molecule has 0 aromatic carbocycles. The third-order valence-corrected chi connectivity index (χ3v) is 7.76. The van der Waals surface area contributed by atoms with E-state index >= 15 is 4.39 Å². The first kappa shape index (κ1) is 23.3. The van der Waals surface area contributed by atoms with Crippen molar-refractivity contribution >= 4 is 35.0 Å². The van der Waals surface area contributed by atoms with Crippen LogP contribution in [0.5, 0.6) is 5.88 Å². The zero-order valence-corrected chi connectivity index (χ0v) is 20.9. The van der Waals surface area contributed by atoms with Crippen LogP contribution in [0.15, 0.2) is 40.5 Å². The van der Waals surface area contributed by atoms with E-state index in [1.54, 1.807) is 10.9 Å². The largest absolute Gasteiger partial charge is 0.479 e. The highest BCUT2D eigenvalue weighted by atomic mass is 19.1. The number of amides is 1. The van der Waals surface area contributed by atoms with E-state index in [4.69, 9.17) is 4.74 Å². The minimum Gasteiger partial charge on any atom is -0.479 e. The number of hydrogen-bond donors (Lipinski definition) is 1. The molecule has 11 heteroatoms. The quantitative estimate of drug-likeness (QED) is 0.671. The lowest BCUT2D eigenvalue weighted by Crippen LogP contribution is -2.58. The number of carbonyl (C=O) groups is 1. The second-order valence-corrected chi connectivity index (χ2v) is 10.5. The zero-order chi connectivity index (χ0) is 26.0. The number of halogens is 1. The van der Waals surface area contributed by atoms with E-state index in [9.17, 15) is 10.1 Å². The first-order valence-corrected chi connectivity index (χ1v) is 12.3. The number of aromatic nitrogens is 3. The molecule has 2 aliphatic heterocycles. The summed E-state index contributed by atoms with van der Waals surface area (Å²) in [4.78, 5) is 27.6. The predicted molar refractivity (Wildman–Crippen MR) is 136 cm³/mol. The number of methoxy groups -OCH3 is 1. The van der Waals surface area contributed by atoms with Gasteiger partial charge in [0.25, 0.3) is 0 Å². The van der Waals surface area contributed by atoms with Crippen molar-refractivity contribution in [2.24, 2.45) is 15.4 Å². The van der Waals surface area contributed by atoms with Crippen LogP contribution in [0.3, 0.4) is 0 Å². The standard InChI is InChI=1S/C26H27FN8O2/c1-24(27)14-34(22(36)26(13-28)8-9-26)10-7-18(24)31-23-32-21(37-3)20-17(6-11-35(20)33-23)16-4-5-19-25(2,12-16)30-15-29-19/h4-6,11-12,15,18H,7-10,14H2,1-3H3,(H,31,33)/t18-,24?,25-/m1/s1. The van der Waals surface area contributed by atoms with Crippen LogP contribution in [0.2, 0.25) is 0 Å². The van der Waals surface area contributed by atoms with Gasteiger partial charge in [-0.25, -0.2) is 13.9 Å². The predicted octanol–water partition coefficient (Wildman–Crippen LogP) is 2.98. The Hall–Kier alpha value is -4.07. The zero-order valence-electron chi connectivity index (χ0n) is 20.9. The van der Waals surface area contributed by atoms with Crippen LogP contribution in [-0.4, -0.2) is 74.9 Å². The van der Waals surface area contributed by atoms with Gasteiger partial charge >= 0.3 is 0 Å². The molecule has 6 rings (SSSR count). The molecule has 1 amide bonds. The number of aliphatic imine (C=N–C) groups is 2. The summed E-state index contributed by atoms with van der Waals surface area (Å²) in [5.41, 5.74) is 0.202. The third-order valence-electron chi connectivity index (χ3n) is 7.76. The average molecular weight is 503 g/mol. The smallest absolute Gasteiger partial charge is 0.244 e. The fourth-order valence-corrected chi connectivity index (χ4v) is 5.35. The number of anilines is 1. The molecule has 3 atom stereocenters. The van der Waals surface area contributed by atoms with Crippen molar-refractivity contribution < 1.29 is 13.9 Å². The summed E-state index contributed by atoms with van der Waals surface area (Å²) >= 11 is 0. The Morgan fingerprint density at radius 2 is 2.14 bits per heavy atom. The van der Waals surface area contributed by atoms with Crippen LogP contribution in [0, 0.1) is 16.7 Å². The molecule has 2 aromatic rings. The first-order valence-electron chi connectivity index (χ1n) is 12.3. The molecule has 0 radical (unpaired) electrons. The molecule has 2 fully saturated rings.